The SMILES string of the molecule is C#CCSCCNS(=O)(=O)c1ccc(CNCC)o1. The van der Waals surface area contributed by atoms with Crippen LogP contribution in [0.1, 0.15) is 12.7 Å². The van der Waals surface area contributed by atoms with Crippen LogP contribution in [0.15, 0.2) is 21.6 Å². The van der Waals surface area contributed by atoms with Crippen molar-refractivity contribution in [2.24, 2.45) is 0 Å². The van der Waals surface area contributed by atoms with E-state index in [1.807, 2.05) is 6.92 Å². The van der Waals surface area contributed by atoms with Crippen LogP contribution in [0.2, 0.25) is 0 Å². The zero-order chi connectivity index (χ0) is 14.1. The Labute approximate surface area is 118 Å². The Morgan fingerprint density at radius 3 is 2.95 bits per heavy atom. The van der Waals surface area contributed by atoms with Gasteiger partial charge in [-0.1, -0.05) is 12.8 Å². The molecule has 5 nitrogen and oxygen atoms in total. The summed E-state index contributed by atoms with van der Waals surface area (Å²) in [5, 5.41) is 3.01. The molecule has 1 aromatic rings. The molecule has 1 heterocycles. The predicted octanol–water partition coefficient (Wildman–Crippen LogP) is 1.03. The molecule has 1 rings (SSSR count). The maximum Gasteiger partial charge on any atom is 0.273 e. The molecule has 0 spiro atoms. The Morgan fingerprint density at radius 2 is 2.26 bits per heavy atom. The average molecular weight is 302 g/mol. The van der Waals surface area contributed by atoms with Crippen molar-refractivity contribution < 1.29 is 12.8 Å². The van der Waals surface area contributed by atoms with Crippen LogP contribution >= 0.6 is 11.8 Å². The summed E-state index contributed by atoms with van der Waals surface area (Å²) >= 11 is 1.50. The molecule has 2 N–H and O–H groups in total. The molecule has 0 amide bonds. The monoisotopic (exact) mass is 302 g/mol. The van der Waals surface area contributed by atoms with E-state index in [1.54, 1.807) is 6.07 Å². The number of hydrogen-bond donors (Lipinski definition) is 2. The lowest BCUT2D eigenvalue weighted by atomic mass is 10.4. The zero-order valence-electron chi connectivity index (χ0n) is 10.8. The van der Waals surface area contributed by atoms with Crippen molar-refractivity contribution >= 4 is 21.8 Å². The van der Waals surface area contributed by atoms with E-state index in [9.17, 15) is 8.42 Å². The molecule has 0 fully saturated rings. The van der Waals surface area contributed by atoms with E-state index in [4.69, 9.17) is 10.8 Å². The molecule has 1 aromatic heterocycles. The van der Waals surface area contributed by atoms with E-state index in [-0.39, 0.29) is 5.09 Å². The molecule has 7 heteroatoms. The summed E-state index contributed by atoms with van der Waals surface area (Å²) in [6.45, 7) is 3.62. The van der Waals surface area contributed by atoms with Crippen molar-refractivity contribution in [2.75, 3.05) is 24.6 Å². The standard InChI is InChI=1S/C12H18N2O3S2/c1-3-8-18-9-7-14-19(15,16)12-6-5-11(17-12)10-13-4-2/h1,5-6,13-14H,4,7-10H2,2H3. The van der Waals surface area contributed by atoms with Crippen LogP contribution in [0.5, 0.6) is 0 Å². The van der Waals surface area contributed by atoms with Crippen molar-refractivity contribution in [1.29, 1.82) is 0 Å². The van der Waals surface area contributed by atoms with Gasteiger partial charge in [-0.05, 0) is 18.7 Å². The Bertz CT molecular complexity index is 517. The average Bonchev–Trinajstić information content (AvgIpc) is 2.85. The van der Waals surface area contributed by atoms with Crippen LogP contribution < -0.4 is 10.0 Å². The molecule has 0 aliphatic rings. The van der Waals surface area contributed by atoms with Crippen LogP contribution in [0, 0.1) is 12.3 Å². The van der Waals surface area contributed by atoms with Gasteiger partial charge in [-0.3, -0.25) is 0 Å². The highest BCUT2D eigenvalue weighted by atomic mass is 32.2. The highest BCUT2D eigenvalue weighted by Gasteiger charge is 2.17. The first-order chi connectivity index (χ1) is 9.10. The van der Waals surface area contributed by atoms with Gasteiger partial charge in [0.1, 0.15) is 5.76 Å². The van der Waals surface area contributed by atoms with Gasteiger partial charge in [0.05, 0.1) is 12.3 Å². The van der Waals surface area contributed by atoms with E-state index in [0.717, 1.165) is 6.54 Å². The third-order valence-corrected chi connectivity index (χ3v) is 4.37. The Balaban J connectivity index is 2.48. The van der Waals surface area contributed by atoms with Gasteiger partial charge in [0, 0.05) is 12.3 Å². The van der Waals surface area contributed by atoms with Gasteiger partial charge >= 0.3 is 0 Å². The summed E-state index contributed by atoms with van der Waals surface area (Å²) in [6.07, 6.45) is 5.10. The third-order valence-electron chi connectivity index (χ3n) is 2.17. The third kappa shape index (κ3) is 5.70. The minimum absolute atomic E-state index is 0.0534. The molecule has 0 bridgehead atoms. The van der Waals surface area contributed by atoms with E-state index in [1.165, 1.54) is 17.8 Å². The lowest BCUT2D eigenvalue weighted by Gasteiger charge is -2.03. The van der Waals surface area contributed by atoms with Gasteiger partial charge in [-0.25, -0.2) is 13.1 Å². The molecule has 0 radical (unpaired) electrons. The summed E-state index contributed by atoms with van der Waals surface area (Å²) < 4.78 is 31.5. The number of terminal acetylenes is 1. The molecule has 0 saturated heterocycles. The minimum Gasteiger partial charge on any atom is -0.447 e. The van der Waals surface area contributed by atoms with Gasteiger partial charge in [0.15, 0.2) is 0 Å². The predicted molar refractivity (Wildman–Crippen MR) is 77.4 cm³/mol. The van der Waals surface area contributed by atoms with Gasteiger partial charge < -0.3 is 9.73 Å². The normalized spacial score (nSPS) is 11.4. The lowest BCUT2D eigenvalue weighted by Crippen LogP contribution is -2.25. The number of nitrogens with one attached hydrogen (secondary N) is 2. The van der Waals surface area contributed by atoms with E-state index < -0.39 is 10.0 Å². The fourth-order valence-corrected chi connectivity index (χ4v) is 2.91. The fraction of sp³-hybridized carbons (Fsp3) is 0.500. The number of hydrogen-bond acceptors (Lipinski definition) is 5. The summed E-state index contributed by atoms with van der Waals surface area (Å²) in [4.78, 5) is 0. The van der Waals surface area contributed by atoms with Crippen molar-refractivity contribution in [3.8, 4) is 12.3 Å². The number of sulfonamides is 1. The number of rotatable bonds is 9. The smallest absolute Gasteiger partial charge is 0.273 e. The van der Waals surface area contributed by atoms with Gasteiger partial charge in [0.2, 0.25) is 5.09 Å². The molecular formula is C12H18N2O3S2. The van der Waals surface area contributed by atoms with Crippen molar-refractivity contribution in [1.82, 2.24) is 10.0 Å². The number of furan rings is 1. The first-order valence-corrected chi connectivity index (χ1v) is 8.54. The van der Waals surface area contributed by atoms with Gasteiger partial charge in [-0.15, -0.1) is 18.2 Å². The number of thioether (sulfide) groups is 1. The molecule has 0 aromatic carbocycles. The highest BCUT2D eigenvalue weighted by Crippen LogP contribution is 2.13. The zero-order valence-corrected chi connectivity index (χ0v) is 12.4. The first kappa shape index (κ1) is 16.1. The van der Waals surface area contributed by atoms with Crippen LogP contribution in [0.4, 0.5) is 0 Å². The molecule has 106 valence electrons. The molecule has 0 aliphatic heterocycles. The van der Waals surface area contributed by atoms with E-state index >= 15 is 0 Å². The Hall–Kier alpha value is -0.940. The van der Waals surface area contributed by atoms with Crippen LogP contribution in [0.25, 0.3) is 0 Å². The maximum atomic E-state index is 11.9. The van der Waals surface area contributed by atoms with Crippen molar-refractivity contribution in [2.45, 2.75) is 18.6 Å². The molecule has 0 atom stereocenters. The van der Waals surface area contributed by atoms with Gasteiger partial charge in [0.25, 0.3) is 10.0 Å². The molecule has 0 unspecified atom stereocenters. The minimum atomic E-state index is -3.56. The molecule has 0 aliphatic carbocycles. The van der Waals surface area contributed by atoms with E-state index in [0.29, 0.717) is 30.4 Å². The summed E-state index contributed by atoms with van der Waals surface area (Å²) in [6, 6.07) is 3.12. The van der Waals surface area contributed by atoms with Crippen molar-refractivity contribution in [3.05, 3.63) is 17.9 Å². The summed E-state index contributed by atoms with van der Waals surface area (Å²) in [5.41, 5.74) is 0. The second kappa shape index (κ2) is 8.27. The first-order valence-electron chi connectivity index (χ1n) is 5.90. The molecular weight excluding hydrogens is 284 g/mol. The highest BCUT2D eigenvalue weighted by molar-refractivity contribution is 7.99. The lowest BCUT2D eigenvalue weighted by molar-refractivity contribution is 0.402. The Morgan fingerprint density at radius 1 is 1.47 bits per heavy atom. The molecule has 0 saturated carbocycles. The molecule has 19 heavy (non-hydrogen) atoms. The second-order valence-electron chi connectivity index (χ2n) is 3.66. The van der Waals surface area contributed by atoms with Crippen LogP contribution in [-0.4, -0.2) is 33.0 Å². The van der Waals surface area contributed by atoms with E-state index in [2.05, 4.69) is 16.0 Å². The topological polar surface area (TPSA) is 71.3 Å². The van der Waals surface area contributed by atoms with Crippen LogP contribution in [0.3, 0.4) is 0 Å². The summed E-state index contributed by atoms with van der Waals surface area (Å²) in [7, 11) is -3.56. The maximum absolute atomic E-state index is 11.9. The Kier molecular flexibility index (Phi) is 7.02. The van der Waals surface area contributed by atoms with Crippen molar-refractivity contribution in [3.63, 3.8) is 0 Å². The van der Waals surface area contributed by atoms with Crippen LogP contribution in [-0.2, 0) is 16.6 Å². The van der Waals surface area contributed by atoms with Gasteiger partial charge in [-0.2, -0.15) is 0 Å². The quantitative estimate of drug-likeness (QED) is 0.527. The largest absolute Gasteiger partial charge is 0.447 e. The summed E-state index contributed by atoms with van der Waals surface area (Å²) in [5.74, 6) is 4.29. The second-order valence-corrected chi connectivity index (χ2v) is 6.46. The fourth-order valence-electron chi connectivity index (χ4n) is 1.30.